The molecule has 1 amide bonds. The molecule has 1 aliphatic rings. The lowest BCUT2D eigenvalue weighted by Gasteiger charge is -2.19. The zero-order chi connectivity index (χ0) is 34.4. The molecule has 0 spiro atoms. The summed E-state index contributed by atoms with van der Waals surface area (Å²) in [5.41, 5.74) is 7.25. The van der Waals surface area contributed by atoms with Gasteiger partial charge < -0.3 is 40.4 Å². The number of nitrogens with one attached hydrogen (secondary N) is 2. The van der Waals surface area contributed by atoms with Crippen molar-refractivity contribution in [1.82, 2.24) is 24.1 Å². The molecule has 2 unspecified atom stereocenters. The third-order valence-electron chi connectivity index (χ3n) is 7.63. The van der Waals surface area contributed by atoms with Crippen molar-refractivity contribution < 1.29 is 52.0 Å². The van der Waals surface area contributed by atoms with Gasteiger partial charge in [-0.25, -0.2) is 14.1 Å². The lowest BCUT2D eigenvalue weighted by atomic mass is 10.1. The van der Waals surface area contributed by atoms with Crippen LogP contribution < -0.4 is 16.6 Å². The number of rotatable bonds is 12. The van der Waals surface area contributed by atoms with Crippen molar-refractivity contribution in [3.8, 4) is 0 Å². The monoisotopic (exact) mass is 707 g/mol. The molecule has 5 aromatic rings. The summed E-state index contributed by atoms with van der Waals surface area (Å²) in [6, 6.07) is 13.3. The van der Waals surface area contributed by atoms with Crippen molar-refractivity contribution in [2.75, 3.05) is 24.3 Å². The van der Waals surface area contributed by atoms with E-state index in [4.69, 9.17) is 19.5 Å². The molecule has 48 heavy (non-hydrogen) atoms. The number of nitrogen functional groups attached to an aromatic ring is 1. The molecule has 0 radical (unpaired) electrons. The Morgan fingerprint density at radius 1 is 1.08 bits per heavy atom. The van der Waals surface area contributed by atoms with Gasteiger partial charge in [0.1, 0.15) is 18.3 Å². The standard InChI is InChI=1S/C27H31N7O12P2/c1-2-33-17-6-4-3-5-15(17)16-11-14(7-8-18(16)33)30-20(35)9-10-43-47(39,40)46-48(41,42)44-12-19-22(36)23(37)26(45-19)34-13-29-21-24(34)31-27(28)32-25(21)38/h3-8,11,13,19,22-23,26,36-37H,2,9-10,12H2,1H3,(H,30,35)(H,39,40)(H,41,42)(H3,28,31,32,38)/t19-,22-,23-,26-/m1/s1. The minimum atomic E-state index is -5.31. The molecule has 2 aromatic carbocycles. The number of hydrogen-bond donors (Lipinski definition) is 7. The Kier molecular flexibility index (Phi) is 9.27. The van der Waals surface area contributed by atoms with Crippen LogP contribution in [0.15, 0.2) is 53.6 Å². The maximum atomic E-state index is 12.5. The third kappa shape index (κ3) is 6.79. The maximum absolute atomic E-state index is 12.5. The number of carbonyl (C=O) groups is 1. The van der Waals surface area contributed by atoms with Crippen LogP contribution in [0.1, 0.15) is 19.6 Å². The number of ether oxygens (including phenoxy) is 1. The van der Waals surface area contributed by atoms with E-state index in [1.54, 1.807) is 6.07 Å². The van der Waals surface area contributed by atoms with E-state index >= 15 is 0 Å². The van der Waals surface area contributed by atoms with Crippen LogP contribution in [-0.4, -0.2) is 81.5 Å². The number of phosphoric acid groups is 2. The molecule has 6 rings (SSSR count). The fourth-order valence-corrected chi connectivity index (χ4v) is 7.60. The van der Waals surface area contributed by atoms with Gasteiger partial charge >= 0.3 is 15.6 Å². The topological polar surface area (TPSA) is 276 Å². The van der Waals surface area contributed by atoms with Crippen LogP contribution in [0.25, 0.3) is 33.0 Å². The maximum Gasteiger partial charge on any atom is 0.481 e. The van der Waals surface area contributed by atoms with E-state index in [9.17, 15) is 38.7 Å². The number of aliphatic hydroxyl groups excluding tert-OH is 2. The van der Waals surface area contributed by atoms with Gasteiger partial charge in [-0.15, -0.1) is 0 Å². The molecule has 3 aromatic heterocycles. The van der Waals surface area contributed by atoms with Crippen molar-refractivity contribution in [2.24, 2.45) is 0 Å². The van der Waals surface area contributed by atoms with Crippen LogP contribution in [0.3, 0.4) is 0 Å². The minimum Gasteiger partial charge on any atom is -0.387 e. The van der Waals surface area contributed by atoms with Gasteiger partial charge in [0.2, 0.25) is 11.9 Å². The van der Waals surface area contributed by atoms with Gasteiger partial charge in [-0.1, -0.05) is 18.2 Å². The molecule has 19 nitrogen and oxygen atoms in total. The van der Waals surface area contributed by atoms with Crippen LogP contribution in [0.2, 0.25) is 0 Å². The number of H-pyrrole nitrogens is 1. The first-order valence-electron chi connectivity index (χ1n) is 14.5. The number of amides is 1. The summed E-state index contributed by atoms with van der Waals surface area (Å²) in [7, 11) is -10.5. The molecule has 4 heterocycles. The molecule has 1 fully saturated rings. The lowest BCUT2D eigenvalue weighted by molar-refractivity contribution is -0.116. The van der Waals surface area contributed by atoms with Gasteiger partial charge in [-0.2, -0.15) is 9.29 Å². The summed E-state index contributed by atoms with van der Waals surface area (Å²) < 4.78 is 47.3. The molecule has 0 aliphatic carbocycles. The number of aromatic amines is 1. The quantitative estimate of drug-likeness (QED) is 0.0910. The Labute approximate surface area is 270 Å². The Morgan fingerprint density at radius 2 is 1.81 bits per heavy atom. The van der Waals surface area contributed by atoms with E-state index in [1.807, 2.05) is 43.3 Å². The second-order valence-electron chi connectivity index (χ2n) is 10.8. The number of aliphatic hydroxyl groups is 2. The Hall–Kier alpha value is -4.00. The summed E-state index contributed by atoms with van der Waals surface area (Å²) >= 11 is 0. The number of aromatic nitrogens is 5. The number of hydrogen-bond acceptors (Lipinski definition) is 13. The summed E-state index contributed by atoms with van der Waals surface area (Å²) in [6.07, 6.45) is -5.45. The molecular weight excluding hydrogens is 676 g/mol. The third-order valence-corrected chi connectivity index (χ3v) is 10.3. The van der Waals surface area contributed by atoms with Gasteiger partial charge in [-0.05, 0) is 31.2 Å². The molecule has 256 valence electrons. The normalized spacial score (nSPS) is 22.3. The van der Waals surface area contributed by atoms with Gasteiger partial charge in [0, 0.05) is 34.0 Å². The number of para-hydroxylation sites is 1. The average molecular weight is 708 g/mol. The molecular formula is C27H31N7O12P2. The first kappa shape index (κ1) is 33.9. The van der Waals surface area contributed by atoms with Crippen molar-refractivity contribution in [3.05, 3.63) is 59.1 Å². The van der Waals surface area contributed by atoms with Gasteiger partial charge in [-0.3, -0.25) is 28.2 Å². The second kappa shape index (κ2) is 13.1. The Balaban J connectivity index is 1.01. The number of carbonyl (C=O) groups excluding carboxylic acids is 1. The predicted octanol–water partition coefficient (Wildman–Crippen LogP) is 1.73. The van der Waals surface area contributed by atoms with Crippen molar-refractivity contribution >= 4 is 66.2 Å². The largest absolute Gasteiger partial charge is 0.481 e. The number of aryl methyl sites for hydroxylation is 1. The number of fused-ring (bicyclic) bond motifs is 4. The highest BCUT2D eigenvalue weighted by molar-refractivity contribution is 7.61. The number of nitrogens with two attached hydrogens (primary N) is 1. The molecule has 21 heteroatoms. The number of phosphoric ester groups is 2. The smallest absolute Gasteiger partial charge is 0.387 e. The van der Waals surface area contributed by atoms with E-state index in [-0.39, 0.29) is 17.1 Å². The predicted molar refractivity (Wildman–Crippen MR) is 169 cm³/mol. The number of nitrogens with zero attached hydrogens (tertiary/aromatic N) is 4. The van der Waals surface area contributed by atoms with Crippen LogP contribution in [-0.2, 0) is 38.6 Å². The van der Waals surface area contributed by atoms with E-state index in [0.717, 1.165) is 39.2 Å². The van der Waals surface area contributed by atoms with Gasteiger partial charge in [0.15, 0.2) is 17.4 Å². The van der Waals surface area contributed by atoms with Crippen molar-refractivity contribution in [1.29, 1.82) is 0 Å². The number of benzene rings is 2. The van der Waals surface area contributed by atoms with E-state index in [1.165, 1.54) is 0 Å². The molecule has 6 atom stereocenters. The van der Waals surface area contributed by atoms with Crippen molar-refractivity contribution in [3.63, 3.8) is 0 Å². The number of anilines is 2. The van der Waals surface area contributed by atoms with E-state index in [0.29, 0.717) is 5.69 Å². The highest BCUT2D eigenvalue weighted by Gasteiger charge is 2.46. The Bertz CT molecular complexity index is 2170. The van der Waals surface area contributed by atoms with Crippen LogP contribution >= 0.6 is 15.6 Å². The van der Waals surface area contributed by atoms with Crippen LogP contribution in [0.5, 0.6) is 0 Å². The minimum absolute atomic E-state index is 0.0707. The highest BCUT2D eigenvalue weighted by Crippen LogP contribution is 2.60. The first-order chi connectivity index (χ1) is 22.8. The van der Waals surface area contributed by atoms with Gasteiger partial charge in [0.05, 0.1) is 26.0 Å². The average Bonchev–Trinajstić information content (AvgIpc) is 3.67. The van der Waals surface area contributed by atoms with Crippen molar-refractivity contribution in [2.45, 2.75) is 44.4 Å². The molecule has 1 aliphatic heterocycles. The summed E-state index contributed by atoms with van der Waals surface area (Å²) in [6.45, 7) is 1.24. The molecule has 0 saturated carbocycles. The summed E-state index contributed by atoms with van der Waals surface area (Å²) in [4.78, 5) is 54.7. The molecule has 0 bridgehead atoms. The van der Waals surface area contributed by atoms with Crippen LogP contribution in [0, 0.1) is 0 Å². The fourth-order valence-electron chi connectivity index (χ4n) is 5.52. The van der Waals surface area contributed by atoms with Gasteiger partial charge in [0.25, 0.3) is 5.56 Å². The SMILES string of the molecule is CCn1c2ccccc2c2cc(NC(=O)CCOP(=O)(O)OP(=O)(O)OC[C@H]3O[C@@H](n4cnc5c(=O)[nH]c(N)nc54)[C@H](O)[C@@H]3O)ccc21. The van der Waals surface area contributed by atoms with E-state index < -0.39 is 71.3 Å². The zero-order valence-corrected chi connectivity index (χ0v) is 26.9. The Morgan fingerprint density at radius 3 is 2.58 bits per heavy atom. The molecule has 8 N–H and O–H groups in total. The highest BCUT2D eigenvalue weighted by atomic mass is 31.3. The number of imidazole rings is 1. The van der Waals surface area contributed by atoms with E-state index in [2.05, 4.69) is 29.1 Å². The first-order valence-corrected chi connectivity index (χ1v) is 17.5. The summed E-state index contributed by atoms with van der Waals surface area (Å²) in [5.74, 6) is -0.809. The second-order valence-corrected chi connectivity index (χ2v) is 13.8. The fraction of sp³-hybridized carbons (Fsp3) is 0.333. The van der Waals surface area contributed by atoms with Crippen LogP contribution in [0.4, 0.5) is 11.6 Å². The zero-order valence-electron chi connectivity index (χ0n) is 25.1. The summed E-state index contributed by atoms with van der Waals surface area (Å²) in [5, 5.41) is 25.6. The lowest BCUT2D eigenvalue weighted by Crippen LogP contribution is -2.33. The molecule has 1 saturated heterocycles.